The molecule has 0 saturated heterocycles. The van der Waals surface area contributed by atoms with E-state index >= 15 is 0 Å². The van der Waals surface area contributed by atoms with Crippen molar-refractivity contribution in [2.45, 2.75) is 38.6 Å². The van der Waals surface area contributed by atoms with Gasteiger partial charge in [-0.2, -0.15) is 0 Å². The van der Waals surface area contributed by atoms with Crippen LogP contribution in [0.3, 0.4) is 0 Å². The molecule has 0 bridgehead atoms. The van der Waals surface area contributed by atoms with Gasteiger partial charge in [0.25, 0.3) is 0 Å². The van der Waals surface area contributed by atoms with Gasteiger partial charge in [-0.25, -0.2) is 4.39 Å². The summed E-state index contributed by atoms with van der Waals surface area (Å²) in [5.41, 5.74) is 7.50. The molecule has 1 aliphatic rings. The van der Waals surface area contributed by atoms with Gasteiger partial charge in [0.15, 0.2) is 0 Å². The van der Waals surface area contributed by atoms with Gasteiger partial charge in [-0.15, -0.1) is 0 Å². The third-order valence-corrected chi connectivity index (χ3v) is 3.46. The third-order valence-electron chi connectivity index (χ3n) is 3.46. The first kappa shape index (κ1) is 10.6. The fourth-order valence-electron chi connectivity index (χ4n) is 2.62. The van der Waals surface area contributed by atoms with Crippen LogP contribution in [-0.4, -0.2) is 0 Å². The van der Waals surface area contributed by atoms with Crippen molar-refractivity contribution in [3.05, 3.63) is 35.6 Å². The Morgan fingerprint density at radius 2 is 1.73 bits per heavy atom. The van der Waals surface area contributed by atoms with Gasteiger partial charge in [0.1, 0.15) is 5.82 Å². The highest BCUT2D eigenvalue weighted by atomic mass is 19.1. The molecule has 1 aliphatic carbocycles. The lowest BCUT2D eigenvalue weighted by molar-refractivity contribution is 0.339. The monoisotopic (exact) mass is 207 g/mol. The minimum Gasteiger partial charge on any atom is -0.321 e. The van der Waals surface area contributed by atoms with E-state index in [4.69, 9.17) is 5.73 Å². The highest BCUT2D eigenvalue weighted by molar-refractivity contribution is 5.26. The Bertz CT molecular complexity index is 355. The number of hydrogen-bond acceptors (Lipinski definition) is 1. The fourth-order valence-corrected chi connectivity index (χ4v) is 2.62. The first-order chi connectivity index (χ1) is 6.91. The Morgan fingerprint density at radius 1 is 1.13 bits per heavy atom. The minimum absolute atomic E-state index is 0.195. The molecule has 2 N–H and O–H groups in total. The predicted octanol–water partition coefficient (Wildman–Crippen LogP) is 3.19. The first-order valence-electron chi connectivity index (χ1n) is 5.46. The van der Waals surface area contributed by atoms with Gasteiger partial charge >= 0.3 is 0 Å². The SMILES string of the molecule is CC1(C)CCC(N)(c2ccc(F)cc2)C1. The summed E-state index contributed by atoms with van der Waals surface area (Å²) in [6, 6.07) is 6.62. The van der Waals surface area contributed by atoms with E-state index in [0.29, 0.717) is 5.41 Å². The average molecular weight is 207 g/mol. The summed E-state index contributed by atoms with van der Waals surface area (Å²) in [6.07, 6.45) is 3.11. The average Bonchev–Trinajstić information content (AvgIpc) is 2.43. The summed E-state index contributed by atoms with van der Waals surface area (Å²) in [5, 5.41) is 0. The molecular weight excluding hydrogens is 189 g/mol. The molecule has 0 spiro atoms. The van der Waals surface area contributed by atoms with E-state index in [-0.39, 0.29) is 11.4 Å². The van der Waals surface area contributed by atoms with Gasteiger partial charge in [-0.3, -0.25) is 0 Å². The van der Waals surface area contributed by atoms with Crippen molar-refractivity contribution >= 4 is 0 Å². The van der Waals surface area contributed by atoms with Crippen LogP contribution in [0.1, 0.15) is 38.7 Å². The Hall–Kier alpha value is -0.890. The molecular formula is C13H18FN. The number of benzene rings is 1. The second-order valence-corrected chi connectivity index (χ2v) is 5.50. The molecule has 0 amide bonds. The molecule has 2 rings (SSSR count). The zero-order chi connectivity index (χ0) is 11.1. The normalized spacial score (nSPS) is 29.3. The summed E-state index contributed by atoms with van der Waals surface area (Å²) in [7, 11) is 0. The van der Waals surface area contributed by atoms with Crippen molar-refractivity contribution in [3.8, 4) is 0 Å². The zero-order valence-corrected chi connectivity index (χ0v) is 9.39. The largest absolute Gasteiger partial charge is 0.321 e. The van der Waals surface area contributed by atoms with Crippen LogP contribution < -0.4 is 5.73 Å². The molecule has 2 heteroatoms. The summed E-state index contributed by atoms with van der Waals surface area (Å²) < 4.78 is 12.8. The molecule has 0 radical (unpaired) electrons. The summed E-state index contributed by atoms with van der Waals surface area (Å²) in [5.74, 6) is -0.195. The Morgan fingerprint density at radius 3 is 2.20 bits per heavy atom. The lowest BCUT2D eigenvalue weighted by Gasteiger charge is -2.27. The molecule has 0 heterocycles. The van der Waals surface area contributed by atoms with E-state index in [2.05, 4.69) is 13.8 Å². The smallest absolute Gasteiger partial charge is 0.123 e. The molecule has 1 nitrogen and oxygen atoms in total. The van der Waals surface area contributed by atoms with Gasteiger partial charge in [0.05, 0.1) is 0 Å². The van der Waals surface area contributed by atoms with E-state index in [1.807, 2.05) is 12.1 Å². The van der Waals surface area contributed by atoms with Crippen LogP contribution in [0.2, 0.25) is 0 Å². The lowest BCUT2D eigenvalue weighted by Crippen LogP contribution is -2.34. The molecule has 1 atom stereocenters. The van der Waals surface area contributed by atoms with Crippen molar-refractivity contribution in [2.24, 2.45) is 11.1 Å². The molecule has 1 fully saturated rings. The molecule has 1 saturated carbocycles. The van der Waals surface area contributed by atoms with Crippen LogP contribution in [-0.2, 0) is 5.54 Å². The molecule has 1 unspecified atom stereocenters. The highest BCUT2D eigenvalue weighted by Gasteiger charge is 2.41. The van der Waals surface area contributed by atoms with Crippen LogP contribution in [0.15, 0.2) is 24.3 Å². The van der Waals surface area contributed by atoms with E-state index in [1.165, 1.54) is 12.1 Å². The summed E-state index contributed by atoms with van der Waals surface area (Å²) >= 11 is 0. The maximum absolute atomic E-state index is 12.8. The molecule has 0 aliphatic heterocycles. The highest BCUT2D eigenvalue weighted by Crippen LogP contribution is 2.47. The standard InChI is InChI=1S/C13H18FN/c1-12(2)7-8-13(15,9-12)10-3-5-11(14)6-4-10/h3-6H,7-9,15H2,1-2H3. The zero-order valence-electron chi connectivity index (χ0n) is 9.39. The second kappa shape index (κ2) is 3.31. The van der Waals surface area contributed by atoms with Crippen LogP contribution in [0.25, 0.3) is 0 Å². The van der Waals surface area contributed by atoms with E-state index < -0.39 is 0 Å². The van der Waals surface area contributed by atoms with E-state index in [9.17, 15) is 4.39 Å². The Balaban J connectivity index is 2.27. The Labute approximate surface area is 90.5 Å². The predicted molar refractivity (Wildman–Crippen MR) is 59.9 cm³/mol. The molecule has 0 aromatic heterocycles. The second-order valence-electron chi connectivity index (χ2n) is 5.50. The van der Waals surface area contributed by atoms with Crippen molar-refractivity contribution < 1.29 is 4.39 Å². The fraction of sp³-hybridized carbons (Fsp3) is 0.538. The van der Waals surface area contributed by atoms with Gasteiger partial charge < -0.3 is 5.73 Å². The maximum atomic E-state index is 12.8. The quantitative estimate of drug-likeness (QED) is 0.752. The topological polar surface area (TPSA) is 26.0 Å². The molecule has 1 aromatic rings. The van der Waals surface area contributed by atoms with Crippen molar-refractivity contribution in [1.29, 1.82) is 0 Å². The van der Waals surface area contributed by atoms with Crippen LogP contribution in [0.4, 0.5) is 4.39 Å². The van der Waals surface area contributed by atoms with Gasteiger partial charge in [-0.05, 0) is 42.4 Å². The van der Waals surface area contributed by atoms with Crippen molar-refractivity contribution in [1.82, 2.24) is 0 Å². The number of rotatable bonds is 1. The number of halogens is 1. The van der Waals surface area contributed by atoms with Gasteiger partial charge in [-0.1, -0.05) is 26.0 Å². The van der Waals surface area contributed by atoms with Crippen LogP contribution in [0.5, 0.6) is 0 Å². The summed E-state index contributed by atoms with van der Waals surface area (Å²) in [6.45, 7) is 4.48. The molecule has 82 valence electrons. The third kappa shape index (κ3) is 2.05. The van der Waals surface area contributed by atoms with Crippen molar-refractivity contribution in [2.75, 3.05) is 0 Å². The number of nitrogens with two attached hydrogens (primary N) is 1. The number of hydrogen-bond donors (Lipinski definition) is 1. The molecule has 1 aromatic carbocycles. The van der Waals surface area contributed by atoms with Crippen molar-refractivity contribution in [3.63, 3.8) is 0 Å². The van der Waals surface area contributed by atoms with Crippen LogP contribution in [0, 0.1) is 11.2 Å². The van der Waals surface area contributed by atoms with E-state index in [1.54, 1.807) is 0 Å². The minimum atomic E-state index is -0.253. The van der Waals surface area contributed by atoms with Gasteiger partial charge in [0.2, 0.25) is 0 Å². The van der Waals surface area contributed by atoms with E-state index in [0.717, 1.165) is 24.8 Å². The van der Waals surface area contributed by atoms with Crippen LogP contribution >= 0.6 is 0 Å². The van der Waals surface area contributed by atoms with Gasteiger partial charge in [0, 0.05) is 5.54 Å². The molecule has 15 heavy (non-hydrogen) atoms. The summed E-state index contributed by atoms with van der Waals surface area (Å²) in [4.78, 5) is 0. The first-order valence-corrected chi connectivity index (χ1v) is 5.46. The lowest BCUT2D eigenvalue weighted by atomic mass is 9.84. The maximum Gasteiger partial charge on any atom is 0.123 e. The Kier molecular flexibility index (Phi) is 2.34.